The van der Waals surface area contributed by atoms with Crippen molar-refractivity contribution in [2.75, 3.05) is 18.5 Å². The molecule has 1 aliphatic rings. The van der Waals surface area contributed by atoms with Crippen molar-refractivity contribution >= 4 is 40.7 Å². The molecule has 0 saturated carbocycles. The normalized spacial score (nSPS) is 14.2. The summed E-state index contributed by atoms with van der Waals surface area (Å²) < 4.78 is 43.7. The van der Waals surface area contributed by atoms with Crippen LogP contribution < -0.4 is 10.1 Å². The third kappa shape index (κ3) is 4.66. The molecule has 3 rings (SSSR count). The zero-order valence-electron chi connectivity index (χ0n) is 14.8. The summed E-state index contributed by atoms with van der Waals surface area (Å²) in [5.41, 5.74) is -0.976. The van der Waals surface area contributed by atoms with Gasteiger partial charge < -0.3 is 15.2 Å². The minimum Gasteiger partial charge on any atom is -0.436 e. The second-order valence-corrected chi connectivity index (χ2v) is 6.75. The van der Waals surface area contributed by atoms with Gasteiger partial charge in [-0.3, -0.25) is 14.5 Å². The van der Waals surface area contributed by atoms with Gasteiger partial charge in [0.15, 0.2) is 5.75 Å². The van der Waals surface area contributed by atoms with Crippen LogP contribution in [0.25, 0.3) is 0 Å². The van der Waals surface area contributed by atoms with Gasteiger partial charge in [-0.2, -0.15) is 13.2 Å². The van der Waals surface area contributed by atoms with E-state index in [0.29, 0.717) is 0 Å². The van der Waals surface area contributed by atoms with Crippen molar-refractivity contribution in [2.24, 2.45) is 0 Å². The number of carbonyl (C=O) groups excluding carboxylic acids is 2. The number of β-amino-alcohol motifs (C(OH)–C–C–N with tert-alkyl or cyclic N) is 1. The Balaban J connectivity index is 1.81. The van der Waals surface area contributed by atoms with Crippen LogP contribution in [0.15, 0.2) is 42.1 Å². The number of ether oxygens (including phenoxy) is 1. The molecule has 0 aliphatic carbocycles. The predicted molar refractivity (Wildman–Crippen MR) is 101 cm³/mol. The molecule has 158 valence electrons. The number of rotatable bonds is 6. The molecule has 12 heteroatoms. The molecule has 0 bridgehead atoms. The van der Waals surface area contributed by atoms with Crippen molar-refractivity contribution in [1.29, 1.82) is 0 Å². The maximum Gasteiger partial charge on any atom is 0.433 e. The lowest BCUT2D eigenvalue weighted by atomic mass is 10.2. The van der Waals surface area contributed by atoms with Gasteiger partial charge in [0.25, 0.3) is 11.8 Å². The van der Waals surface area contributed by atoms with Crippen molar-refractivity contribution in [3.63, 3.8) is 0 Å². The van der Waals surface area contributed by atoms with Gasteiger partial charge in [0.05, 0.1) is 23.2 Å². The van der Waals surface area contributed by atoms with Crippen LogP contribution in [-0.2, 0) is 15.8 Å². The summed E-state index contributed by atoms with van der Waals surface area (Å²) in [7, 11) is 0. The molecule has 1 aromatic carbocycles. The maximum absolute atomic E-state index is 12.8. The quantitative estimate of drug-likeness (QED) is 0.634. The Kier molecular flexibility index (Phi) is 6.20. The Morgan fingerprint density at radius 1 is 1.17 bits per heavy atom. The first-order valence-electron chi connectivity index (χ1n) is 8.26. The number of hydrogen-bond donors (Lipinski definition) is 2. The molecule has 2 aromatic rings. The van der Waals surface area contributed by atoms with E-state index in [0.717, 1.165) is 23.1 Å². The summed E-state index contributed by atoms with van der Waals surface area (Å²) in [5, 5.41) is 11.5. The van der Waals surface area contributed by atoms with E-state index >= 15 is 0 Å². The zero-order valence-corrected chi connectivity index (χ0v) is 16.3. The van der Waals surface area contributed by atoms with E-state index in [4.69, 9.17) is 33.0 Å². The Bertz CT molecular complexity index is 1020. The topological polar surface area (TPSA) is 91.8 Å². The molecule has 1 aromatic heterocycles. The fraction of sp³-hybridized carbons (Fsp3) is 0.167. The van der Waals surface area contributed by atoms with Gasteiger partial charge in [0.2, 0.25) is 5.88 Å². The first-order chi connectivity index (χ1) is 14.1. The van der Waals surface area contributed by atoms with Gasteiger partial charge in [-0.1, -0.05) is 29.3 Å². The number of aliphatic hydroxyl groups excluding tert-OH is 1. The lowest BCUT2D eigenvalue weighted by Gasteiger charge is -2.15. The number of nitrogens with zero attached hydrogens (tertiary/aromatic N) is 2. The highest BCUT2D eigenvalue weighted by atomic mass is 35.5. The number of alkyl halides is 3. The first kappa shape index (κ1) is 21.9. The Hall–Kier alpha value is -2.82. The molecule has 2 N–H and O–H groups in total. The van der Waals surface area contributed by atoms with E-state index < -0.39 is 23.7 Å². The molecule has 0 spiro atoms. The number of benzene rings is 1. The summed E-state index contributed by atoms with van der Waals surface area (Å²) in [6.07, 6.45) is -3.60. The number of aromatic nitrogens is 1. The van der Waals surface area contributed by atoms with Gasteiger partial charge in [-0.25, -0.2) is 4.98 Å². The van der Waals surface area contributed by atoms with Crippen LogP contribution in [0.1, 0.15) is 5.69 Å². The Morgan fingerprint density at radius 3 is 2.43 bits per heavy atom. The molecule has 7 nitrogen and oxygen atoms in total. The second kappa shape index (κ2) is 8.50. The highest BCUT2D eigenvalue weighted by molar-refractivity contribution is 6.37. The fourth-order valence-electron chi connectivity index (χ4n) is 2.53. The average Bonchev–Trinajstić information content (AvgIpc) is 2.92. The Morgan fingerprint density at radius 2 is 1.83 bits per heavy atom. The van der Waals surface area contributed by atoms with Crippen LogP contribution in [0.5, 0.6) is 11.6 Å². The summed E-state index contributed by atoms with van der Waals surface area (Å²) in [6, 6.07) is 5.73. The minimum absolute atomic E-state index is 0.0613. The monoisotopic (exact) mass is 461 g/mol. The molecule has 0 saturated heterocycles. The smallest absolute Gasteiger partial charge is 0.433 e. The lowest BCUT2D eigenvalue weighted by Crippen LogP contribution is -2.34. The van der Waals surface area contributed by atoms with E-state index in [1.807, 2.05) is 0 Å². The number of amides is 2. The van der Waals surface area contributed by atoms with Crippen molar-refractivity contribution in [3.8, 4) is 11.6 Å². The fourth-order valence-corrected chi connectivity index (χ4v) is 3.09. The summed E-state index contributed by atoms with van der Waals surface area (Å²) in [5.74, 6) is -1.74. The maximum atomic E-state index is 12.8. The molecule has 0 fully saturated rings. The number of carbonyl (C=O) groups is 2. The average molecular weight is 462 g/mol. The number of pyridine rings is 1. The number of imide groups is 1. The van der Waals surface area contributed by atoms with Crippen LogP contribution in [0.3, 0.4) is 0 Å². The summed E-state index contributed by atoms with van der Waals surface area (Å²) in [6.45, 7) is -0.538. The number of halogens is 5. The van der Waals surface area contributed by atoms with Crippen molar-refractivity contribution < 1.29 is 32.6 Å². The van der Waals surface area contributed by atoms with E-state index in [1.54, 1.807) is 0 Å². The molecule has 0 unspecified atom stereocenters. The standard InChI is InChI=1S/C18H12Cl2F3N3O4/c19-10-6-9(24-12-8-15(28)26(4-5-27)17(12)29)7-11(20)16(10)30-14-3-1-2-13(25-14)18(21,22)23/h1-3,6-8,24,27H,4-5H2. The molecular weight excluding hydrogens is 450 g/mol. The summed E-state index contributed by atoms with van der Waals surface area (Å²) in [4.78, 5) is 28.2. The molecule has 2 amide bonds. The number of hydrogen-bond acceptors (Lipinski definition) is 6. The van der Waals surface area contributed by atoms with Crippen LogP contribution in [-0.4, -0.2) is 40.0 Å². The summed E-state index contributed by atoms with van der Waals surface area (Å²) >= 11 is 12.3. The van der Waals surface area contributed by atoms with E-state index in [-0.39, 0.29) is 46.2 Å². The highest BCUT2D eigenvalue weighted by Gasteiger charge is 2.33. The number of anilines is 1. The third-order valence-corrected chi connectivity index (χ3v) is 4.39. The number of nitrogens with one attached hydrogen (secondary N) is 1. The van der Waals surface area contributed by atoms with Gasteiger partial charge >= 0.3 is 6.18 Å². The molecule has 30 heavy (non-hydrogen) atoms. The largest absolute Gasteiger partial charge is 0.436 e. The minimum atomic E-state index is -4.65. The van der Waals surface area contributed by atoms with Gasteiger partial charge in [0, 0.05) is 17.8 Å². The van der Waals surface area contributed by atoms with E-state index in [2.05, 4.69) is 10.3 Å². The second-order valence-electron chi connectivity index (χ2n) is 5.93. The van der Waals surface area contributed by atoms with Crippen LogP contribution >= 0.6 is 23.2 Å². The first-order valence-corrected chi connectivity index (χ1v) is 9.02. The van der Waals surface area contributed by atoms with Gasteiger partial charge in [-0.15, -0.1) is 0 Å². The van der Waals surface area contributed by atoms with Crippen molar-refractivity contribution in [3.05, 3.63) is 57.8 Å². The third-order valence-electron chi connectivity index (χ3n) is 3.83. The molecular formula is C18H12Cl2F3N3O4. The molecule has 1 aliphatic heterocycles. The molecule has 2 heterocycles. The lowest BCUT2D eigenvalue weighted by molar-refractivity contribution is -0.141. The zero-order chi connectivity index (χ0) is 22.1. The van der Waals surface area contributed by atoms with Crippen LogP contribution in [0, 0.1) is 0 Å². The molecule has 0 radical (unpaired) electrons. The van der Waals surface area contributed by atoms with Crippen molar-refractivity contribution in [1.82, 2.24) is 9.88 Å². The van der Waals surface area contributed by atoms with Gasteiger partial charge in [-0.05, 0) is 18.2 Å². The highest BCUT2D eigenvalue weighted by Crippen LogP contribution is 2.39. The van der Waals surface area contributed by atoms with Crippen LogP contribution in [0.2, 0.25) is 10.0 Å². The number of aliphatic hydroxyl groups is 1. The van der Waals surface area contributed by atoms with E-state index in [9.17, 15) is 22.8 Å². The van der Waals surface area contributed by atoms with Crippen molar-refractivity contribution in [2.45, 2.75) is 6.18 Å². The SMILES string of the molecule is O=C1C=C(Nc2cc(Cl)c(Oc3cccc(C(F)(F)F)n3)c(Cl)c2)C(=O)N1CCO. The Labute approximate surface area is 177 Å². The van der Waals surface area contributed by atoms with Crippen LogP contribution in [0.4, 0.5) is 18.9 Å². The van der Waals surface area contributed by atoms with E-state index in [1.165, 1.54) is 18.2 Å². The predicted octanol–water partition coefficient (Wildman–Crippen LogP) is 3.86. The molecule has 0 atom stereocenters. The van der Waals surface area contributed by atoms with Gasteiger partial charge in [0.1, 0.15) is 11.4 Å².